The molecule has 1 amide bonds. The first-order valence-electron chi connectivity index (χ1n) is 4.03. The van der Waals surface area contributed by atoms with Gasteiger partial charge in [0, 0.05) is 19.5 Å². The molecule has 5 nitrogen and oxygen atoms in total. The molecular formula is C8H16N2O3. The van der Waals surface area contributed by atoms with E-state index in [1.807, 2.05) is 0 Å². The predicted molar refractivity (Wildman–Crippen MR) is 47.9 cm³/mol. The van der Waals surface area contributed by atoms with Gasteiger partial charge in [-0.3, -0.25) is 9.59 Å². The first kappa shape index (κ1) is 11.9. The molecule has 0 saturated heterocycles. The molecule has 0 aromatic heterocycles. The second-order valence-electron chi connectivity index (χ2n) is 3.01. The molecule has 0 bridgehead atoms. The van der Waals surface area contributed by atoms with Crippen molar-refractivity contribution in [3.63, 3.8) is 0 Å². The van der Waals surface area contributed by atoms with Crippen molar-refractivity contribution >= 4 is 11.9 Å². The second-order valence-corrected chi connectivity index (χ2v) is 3.01. The van der Waals surface area contributed by atoms with Gasteiger partial charge in [-0.25, -0.2) is 0 Å². The van der Waals surface area contributed by atoms with E-state index in [0.29, 0.717) is 0 Å². The lowest BCUT2D eigenvalue weighted by Crippen LogP contribution is -2.35. The largest absolute Gasteiger partial charge is 0.468 e. The Bertz CT molecular complexity index is 192. The molecule has 1 atom stereocenters. The molecule has 5 heteroatoms. The van der Waals surface area contributed by atoms with Gasteiger partial charge in [0.05, 0.1) is 7.11 Å². The van der Waals surface area contributed by atoms with Crippen LogP contribution in [0.1, 0.15) is 13.3 Å². The Labute approximate surface area is 77.8 Å². The highest BCUT2D eigenvalue weighted by Gasteiger charge is 2.13. The van der Waals surface area contributed by atoms with E-state index in [-0.39, 0.29) is 24.9 Å². The molecule has 0 aliphatic heterocycles. The fourth-order valence-electron chi connectivity index (χ4n) is 0.778. The zero-order valence-electron chi connectivity index (χ0n) is 8.24. The van der Waals surface area contributed by atoms with Gasteiger partial charge >= 0.3 is 5.97 Å². The molecule has 0 spiro atoms. The minimum atomic E-state index is -0.430. The highest BCUT2D eigenvalue weighted by molar-refractivity contribution is 5.82. The number of ether oxygens (including phenoxy) is 1. The maximum absolute atomic E-state index is 11.2. The van der Waals surface area contributed by atoms with E-state index in [1.165, 1.54) is 12.0 Å². The first-order chi connectivity index (χ1) is 5.97. The van der Waals surface area contributed by atoms with Crippen LogP contribution in [0, 0.1) is 0 Å². The molecule has 0 aliphatic carbocycles. The average molecular weight is 188 g/mol. The minimum absolute atomic E-state index is 0.0257. The summed E-state index contributed by atoms with van der Waals surface area (Å²) in [6.07, 6.45) is 0.244. The van der Waals surface area contributed by atoms with Gasteiger partial charge in [0.15, 0.2) is 0 Å². The summed E-state index contributed by atoms with van der Waals surface area (Å²) < 4.78 is 4.41. The SMILES string of the molecule is COC(=O)CN(C)C(=O)CC(C)N. The van der Waals surface area contributed by atoms with Crippen LogP contribution in [0.3, 0.4) is 0 Å². The minimum Gasteiger partial charge on any atom is -0.468 e. The molecular weight excluding hydrogens is 172 g/mol. The molecule has 1 unspecified atom stereocenters. The zero-order valence-corrected chi connectivity index (χ0v) is 8.24. The fourth-order valence-corrected chi connectivity index (χ4v) is 0.778. The molecule has 0 rings (SSSR count). The molecule has 0 aromatic carbocycles. The van der Waals surface area contributed by atoms with Crippen LogP contribution in [0.4, 0.5) is 0 Å². The van der Waals surface area contributed by atoms with Gasteiger partial charge in [0.25, 0.3) is 0 Å². The van der Waals surface area contributed by atoms with Gasteiger partial charge < -0.3 is 15.4 Å². The van der Waals surface area contributed by atoms with E-state index in [1.54, 1.807) is 14.0 Å². The summed E-state index contributed by atoms with van der Waals surface area (Å²) in [6, 6.07) is -0.187. The molecule has 0 radical (unpaired) electrons. The van der Waals surface area contributed by atoms with Gasteiger partial charge in [-0.05, 0) is 6.92 Å². The third-order valence-corrected chi connectivity index (χ3v) is 1.52. The Kier molecular flexibility index (Phi) is 5.06. The van der Waals surface area contributed by atoms with Crippen LogP contribution in [0.15, 0.2) is 0 Å². The second kappa shape index (κ2) is 5.53. The number of carbonyl (C=O) groups is 2. The Morgan fingerprint density at radius 3 is 2.46 bits per heavy atom. The summed E-state index contributed by atoms with van der Waals surface area (Å²) in [7, 11) is 2.83. The smallest absolute Gasteiger partial charge is 0.325 e. The molecule has 0 aromatic rings. The summed E-state index contributed by atoms with van der Waals surface area (Å²) in [4.78, 5) is 23.3. The molecule has 2 N–H and O–H groups in total. The number of carbonyl (C=O) groups excluding carboxylic acids is 2. The molecule has 76 valence electrons. The van der Waals surface area contributed by atoms with Crippen LogP contribution in [0.25, 0.3) is 0 Å². The Balaban J connectivity index is 3.89. The topological polar surface area (TPSA) is 72.6 Å². The number of hydrogen-bond acceptors (Lipinski definition) is 4. The average Bonchev–Trinajstić information content (AvgIpc) is 2.02. The van der Waals surface area contributed by atoms with E-state index < -0.39 is 5.97 Å². The highest BCUT2D eigenvalue weighted by atomic mass is 16.5. The molecule has 0 heterocycles. The van der Waals surface area contributed by atoms with Crippen LogP contribution in [0.2, 0.25) is 0 Å². The summed E-state index contributed by atoms with van der Waals surface area (Å²) in [5.41, 5.74) is 5.43. The van der Waals surface area contributed by atoms with Crippen molar-refractivity contribution < 1.29 is 14.3 Å². The van der Waals surface area contributed by atoms with Crippen molar-refractivity contribution in [2.45, 2.75) is 19.4 Å². The molecule has 13 heavy (non-hydrogen) atoms. The van der Waals surface area contributed by atoms with Crippen LogP contribution in [-0.2, 0) is 14.3 Å². The van der Waals surface area contributed by atoms with E-state index in [0.717, 1.165) is 0 Å². The van der Waals surface area contributed by atoms with E-state index >= 15 is 0 Å². The number of hydrogen-bond donors (Lipinski definition) is 1. The number of rotatable bonds is 4. The zero-order chi connectivity index (χ0) is 10.4. The van der Waals surface area contributed by atoms with Gasteiger partial charge in [-0.2, -0.15) is 0 Å². The standard InChI is InChI=1S/C8H16N2O3/c1-6(9)4-7(11)10(2)5-8(12)13-3/h6H,4-5,9H2,1-3H3. The molecule has 0 aliphatic rings. The van der Waals surface area contributed by atoms with Crippen molar-refractivity contribution in [2.75, 3.05) is 20.7 Å². The van der Waals surface area contributed by atoms with E-state index in [9.17, 15) is 9.59 Å². The molecule has 0 fully saturated rings. The predicted octanol–water partition coefficient (Wildman–Crippen LogP) is -0.645. The fraction of sp³-hybridized carbons (Fsp3) is 0.750. The van der Waals surface area contributed by atoms with Crippen LogP contribution < -0.4 is 5.73 Å². The summed E-state index contributed by atoms with van der Waals surface area (Å²) in [5, 5.41) is 0. The number of methoxy groups -OCH3 is 1. The Morgan fingerprint density at radius 1 is 1.54 bits per heavy atom. The van der Waals surface area contributed by atoms with E-state index in [4.69, 9.17) is 5.73 Å². The van der Waals surface area contributed by atoms with Crippen LogP contribution in [-0.4, -0.2) is 43.5 Å². The van der Waals surface area contributed by atoms with Gasteiger partial charge in [0.2, 0.25) is 5.91 Å². The van der Waals surface area contributed by atoms with Crippen LogP contribution in [0.5, 0.6) is 0 Å². The first-order valence-corrected chi connectivity index (χ1v) is 4.03. The summed E-state index contributed by atoms with van der Waals surface area (Å²) in [5.74, 6) is -0.582. The van der Waals surface area contributed by atoms with Gasteiger partial charge in [0.1, 0.15) is 6.54 Å². The van der Waals surface area contributed by atoms with Crippen molar-refractivity contribution in [2.24, 2.45) is 5.73 Å². The van der Waals surface area contributed by atoms with Crippen molar-refractivity contribution in [1.29, 1.82) is 0 Å². The Hall–Kier alpha value is -1.10. The lowest BCUT2D eigenvalue weighted by Gasteiger charge is -2.16. The number of nitrogens with two attached hydrogens (primary N) is 1. The lowest BCUT2D eigenvalue weighted by atomic mass is 10.2. The van der Waals surface area contributed by atoms with E-state index in [2.05, 4.69) is 4.74 Å². The number of nitrogens with zero attached hydrogens (tertiary/aromatic N) is 1. The number of likely N-dealkylation sites (N-methyl/N-ethyl adjacent to an activating group) is 1. The maximum Gasteiger partial charge on any atom is 0.325 e. The van der Waals surface area contributed by atoms with Crippen molar-refractivity contribution in [1.82, 2.24) is 4.90 Å². The summed E-state index contributed by atoms with van der Waals surface area (Å²) >= 11 is 0. The van der Waals surface area contributed by atoms with Crippen molar-refractivity contribution in [3.05, 3.63) is 0 Å². The number of amides is 1. The Morgan fingerprint density at radius 2 is 2.08 bits per heavy atom. The monoisotopic (exact) mass is 188 g/mol. The quantitative estimate of drug-likeness (QED) is 0.595. The van der Waals surface area contributed by atoms with Crippen LogP contribution >= 0.6 is 0 Å². The summed E-state index contributed by atoms with van der Waals surface area (Å²) in [6.45, 7) is 1.71. The lowest BCUT2D eigenvalue weighted by molar-refractivity contribution is -0.146. The van der Waals surface area contributed by atoms with Crippen molar-refractivity contribution in [3.8, 4) is 0 Å². The third kappa shape index (κ3) is 5.19. The van der Waals surface area contributed by atoms with Gasteiger partial charge in [-0.15, -0.1) is 0 Å². The third-order valence-electron chi connectivity index (χ3n) is 1.52. The molecule has 0 saturated carbocycles. The highest BCUT2D eigenvalue weighted by Crippen LogP contribution is 1.94. The number of esters is 1. The normalized spacial score (nSPS) is 12.0. The van der Waals surface area contributed by atoms with Gasteiger partial charge in [-0.1, -0.05) is 0 Å². The maximum atomic E-state index is 11.2.